The lowest BCUT2D eigenvalue weighted by molar-refractivity contribution is 0.154. The maximum atomic E-state index is 11.4. The van der Waals surface area contributed by atoms with E-state index in [-0.39, 0.29) is 11.6 Å². The first kappa shape index (κ1) is 14.0. The summed E-state index contributed by atoms with van der Waals surface area (Å²) in [4.78, 5) is 16.0. The topological polar surface area (TPSA) is 59.9 Å². The summed E-state index contributed by atoms with van der Waals surface area (Å²) in [6.07, 6.45) is 1.99. The Morgan fingerprint density at radius 1 is 1.57 bits per heavy atom. The number of nitrogens with one attached hydrogen (secondary N) is 1. The summed E-state index contributed by atoms with van der Waals surface area (Å²) in [5.41, 5.74) is 2.97. The van der Waals surface area contributed by atoms with E-state index in [9.17, 15) is 4.79 Å². The fraction of sp³-hybridized carbons (Fsp3) is 0.467. The van der Waals surface area contributed by atoms with E-state index in [2.05, 4.69) is 16.4 Å². The standard InChI is InChI=1S/C15H17BN2O3/c1-2-20-14(19)17-13-18-15(9-21-13)7-6-11-10(8-15)4-3-5-12(11)16/h3-5H,2,6-9H2,1H3,(H,17,18,19). The van der Waals surface area contributed by atoms with Crippen LogP contribution in [0.3, 0.4) is 0 Å². The van der Waals surface area contributed by atoms with Gasteiger partial charge in [0.15, 0.2) is 0 Å². The number of hydrogen-bond acceptors (Lipinski definition) is 4. The zero-order valence-corrected chi connectivity index (χ0v) is 12.0. The van der Waals surface area contributed by atoms with E-state index >= 15 is 0 Å². The van der Waals surface area contributed by atoms with Crippen molar-refractivity contribution in [1.82, 2.24) is 5.32 Å². The molecular formula is C15H17BN2O3. The summed E-state index contributed by atoms with van der Waals surface area (Å²) < 4.78 is 10.3. The van der Waals surface area contributed by atoms with Gasteiger partial charge in [0.05, 0.1) is 6.61 Å². The van der Waals surface area contributed by atoms with E-state index in [0.717, 1.165) is 24.7 Å². The Kier molecular flexibility index (Phi) is 3.61. The molecule has 5 nitrogen and oxygen atoms in total. The van der Waals surface area contributed by atoms with Crippen molar-refractivity contribution in [3.63, 3.8) is 0 Å². The van der Waals surface area contributed by atoms with Crippen molar-refractivity contribution in [3.8, 4) is 0 Å². The molecule has 1 heterocycles. The minimum atomic E-state index is -0.534. The number of amides is 1. The fourth-order valence-corrected chi connectivity index (χ4v) is 2.95. The van der Waals surface area contributed by atoms with Crippen LogP contribution in [-0.4, -0.2) is 38.7 Å². The quantitative estimate of drug-likeness (QED) is 0.777. The highest BCUT2D eigenvalue weighted by molar-refractivity contribution is 6.33. The normalized spacial score (nSPS) is 23.2. The van der Waals surface area contributed by atoms with E-state index in [1.807, 2.05) is 12.1 Å². The molecule has 0 bridgehead atoms. The third-order valence-electron chi connectivity index (χ3n) is 3.97. The summed E-state index contributed by atoms with van der Waals surface area (Å²) in [5.74, 6) is 0. The fourth-order valence-electron chi connectivity index (χ4n) is 2.95. The van der Waals surface area contributed by atoms with Gasteiger partial charge < -0.3 is 9.47 Å². The summed E-state index contributed by atoms with van der Waals surface area (Å²) in [5, 5.41) is 2.53. The Labute approximate surface area is 125 Å². The van der Waals surface area contributed by atoms with E-state index in [1.165, 1.54) is 11.1 Å². The molecule has 1 unspecified atom stereocenters. The van der Waals surface area contributed by atoms with E-state index < -0.39 is 6.09 Å². The van der Waals surface area contributed by atoms with Crippen molar-refractivity contribution in [2.45, 2.75) is 31.7 Å². The Bertz CT molecular complexity index is 603. The van der Waals surface area contributed by atoms with Crippen molar-refractivity contribution in [2.75, 3.05) is 13.2 Å². The molecule has 0 aromatic heterocycles. The molecule has 1 spiro atoms. The van der Waals surface area contributed by atoms with Crippen LogP contribution in [0.2, 0.25) is 0 Å². The number of alkyl carbamates (subject to hydrolysis) is 1. The molecule has 21 heavy (non-hydrogen) atoms. The lowest BCUT2D eigenvalue weighted by Crippen LogP contribution is -2.37. The lowest BCUT2D eigenvalue weighted by Gasteiger charge is -2.31. The van der Waals surface area contributed by atoms with Gasteiger partial charge in [0, 0.05) is 6.42 Å². The number of hydrogen-bond donors (Lipinski definition) is 1. The minimum Gasteiger partial charge on any atom is -0.462 e. The maximum absolute atomic E-state index is 11.4. The van der Waals surface area contributed by atoms with Crippen LogP contribution in [0.4, 0.5) is 4.79 Å². The van der Waals surface area contributed by atoms with Crippen LogP contribution < -0.4 is 10.8 Å². The van der Waals surface area contributed by atoms with Gasteiger partial charge >= 0.3 is 6.09 Å². The molecular weight excluding hydrogens is 267 g/mol. The molecule has 3 rings (SSSR count). The number of benzene rings is 1. The number of fused-ring (bicyclic) bond motifs is 1. The number of amidine groups is 1. The maximum Gasteiger partial charge on any atom is 0.415 e. The highest BCUT2D eigenvalue weighted by Gasteiger charge is 2.40. The molecule has 0 saturated carbocycles. The van der Waals surface area contributed by atoms with Crippen LogP contribution in [0, 0.1) is 0 Å². The van der Waals surface area contributed by atoms with Gasteiger partial charge in [-0.3, -0.25) is 0 Å². The van der Waals surface area contributed by atoms with Gasteiger partial charge in [-0.1, -0.05) is 29.2 Å². The smallest absolute Gasteiger partial charge is 0.415 e. The molecule has 2 radical (unpaired) electrons. The van der Waals surface area contributed by atoms with Gasteiger partial charge in [-0.15, -0.1) is 0 Å². The van der Waals surface area contributed by atoms with Crippen molar-refractivity contribution in [2.24, 2.45) is 4.99 Å². The van der Waals surface area contributed by atoms with E-state index in [1.54, 1.807) is 6.92 Å². The molecule has 1 aromatic rings. The van der Waals surface area contributed by atoms with Crippen molar-refractivity contribution in [1.29, 1.82) is 0 Å². The van der Waals surface area contributed by atoms with Gasteiger partial charge in [0.1, 0.15) is 20.0 Å². The Balaban J connectivity index is 1.76. The Morgan fingerprint density at radius 3 is 3.24 bits per heavy atom. The Hall–Kier alpha value is -1.98. The van der Waals surface area contributed by atoms with Crippen LogP contribution in [0.5, 0.6) is 0 Å². The zero-order chi connectivity index (χ0) is 14.9. The van der Waals surface area contributed by atoms with E-state index in [0.29, 0.717) is 13.2 Å². The van der Waals surface area contributed by atoms with E-state index in [4.69, 9.17) is 17.3 Å². The number of carbonyl (C=O) groups excluding carboxylic acids is 1. The summed E-state index contributed by atoms with van der Waals surface area (Å²) in [6.45, 7) is 2.54. The molecule has 1 amide bonds. The second-order valence-electron chi connectivity index (χ2n) is 5.44. The molecule has 1 aromatic carbocycles. The van der Waals surface area contributed by atoms with Gasteiger partial charge in [-0.05, 0) is 25.3 Å². The van der Waals surface area contributed by atoms with Crippen molar-refractivity contribution in [3.05, 3.63) is 29.3 Å². The molecule has 0 saturated heterocycles. The highest BCUT2D eigenvalue weighted by Crippen LogP contribution is 2.33. The average Bonchev–Trinajstić information content (AvgIpc) is 2.81. The SMILES string of the molecule is [B]c1cccc2c1CCC1(COC(NC(=O)OCC)=N1)C2. The second kappa shape index (κ2) is 5.43. The minimum absolute atomic E-state index is 0.251. The summed E-state index contributed by atoms with van der Waals surface area (Å²) in [6, 6.07) is 6.23. The van der Waals surface area contributed by atoms with Crippen molar-refractivity contribution < 1.29 is 14.3 Å². The first-order chi connectivity index (χ1) is 10.1. The summed E-state index contributed by atoms with van der Waals surface area (Å²) >= 11 is 0. The third kappa shape index (κ3) is 2.75. The number of carbonyl (C=O) groups is 1. The molecule has 1 atom stereocenters. The molecule has 1 aliphatic heterocycles. The molecule has 1 N–H and O–H groups in total. The molecule has 108 valence electrons. The molecule has 6 heteroatoms. The number of aliphatic imine (C=N–C) groups is 1. The Morgan fingerprint density at radius 2 is 2.43 bits per heavy atom. The van der Waals surface area contributed by atoms with Gasteiger partial charge in [0.2, 0.25) is 0 Å². The van der Waals surface area contributed by atoms with Gasteiger partial charge in [-0.2, -0.15) is 0 Å². The first-order valence-electron chi connectivity index (χ1n) is 7.14. The van der Waals surface area contributed by atoms with Crippen LogP contribution >= 0.6 is 0 Å². The second-order valence-corrected chi connectivity index (χ2v) is 5.44. The highest BCUT2D eigenvalue weighted by atomic mass is 16.6. The number of ether oxygens (including phenoxy) is 2. The monoisotopic (exact) mass is 284 g/mol. The largest absolute Gasteiger partial charge is 0.462 e. The van der Waals surface area contributed by atoms with Gasteiger partial charge in [-0.25, -0.2) is 15.1 Å². The number of rotatable bonds is 1. The molecule has 0 fully saturated rings. The lowest BCUT2D eigenvalue weighted by atomic mass is 9.74. The van der Waals surface area contributed by atoms with Gasteiger partial charge in [0.25, 0.3) is 6.02 Å². The zero-order valence-electron chi connectivity index (χ0n) is 12.0. The third-order valence-corrected chi connectivity index (χ3v) is 3.97. The van der Waals surface area contributed by atoms with Crippen LogP contribution in [0.1, 0.15) is 24.5 Å². The predicted octanol–water partition coefficient (Wildman–Crippen LogP) is 0.840. The van der Waals surface area contributed by atoms with Crippen molar-refractivity contribution >= 4 is 25.4 Å². The van der Waals surface area contributed by atoms with Crippen LogP contribution in [-0.2, 0) is 22.3 Å². The first-order valence-corrected chi connectivity index (χ1v) is 7.14. The molecule has 1 aliphatic carbocycles. The predicted molar refractivity (Wildman–Crippen MR) is 80.1 cm³/mol. The average molecular weight is 284 g/mol. The van der Waals surface area contributed by atoms with Crippen LogP contribution in [0.15, 0.2) is 23.2 Å². The van der Waals surface area contributed by atoms with Crippen LogP contribution in [0.25, 0.3) is 0 Å². The molecule has 2 aliphatic rings. The summed E-state index contributed by atoms with van der Waals surface area (Å²) in [7, 11) is 6.01. The number of nitrogens with zero attached hydrogens (tertiary/aromatic N) is 1.